The number of aliphatic imine (C=N–C) groups is 1. The Morgan fingerprint density at radius 3 is 2.59 bits per heavy atom. The van der Waals surface area contributed by atoms with E-state index in [9.17, 15) is 10.1 Å². The number of nitriles is 1. The van der Waals surface area contributed by atoms with Crippen LogP contribution < -0.4 is 14.2 Å². The fourth-order valence-corrected chi connectivity index (χ4v) is 5.85. The molecule has 2 aromatic heterocycles. The molecule has 0 saturated heterocycles. The van der Waals surface area contributed by atoms with Crippen LogP contribution in [0.1, 0.15) is 22.4 Å². The third-order valence-corrected chi connectivity index (χ3v) is 8.52. The summed E-state index contributed by atoms with van der Waals surface area (Å²) in [5.41, 5.74) is -1.56. The number of aromatic nitrogens is 2. The first kappa shape index (κ1) is 33.4. The van der Waals surface area contributed by atoms with Gasteiger partial charge in [0.2, 0.25) is 5.75 Å². The van der Waals surface area contributed by atoms with Gasteiger partial charge in [0.15, 0.2) is 34.8 Å². The number of benzene rings is 3. The average Bonchev–Trinajstić information content (AvgIpc) is 3.57. The lowest BCUT2D eigenvalue weighted by Crippen LogP contribution is -2.24. The Bertz CT molecular complexity index is 2270. The van der Waals surface area contributed by atoms with Crippen LogP contribution in [0.5, 0.6) is 28.9 Å². The van der Waals surface area contributed by atoms with E-state index in [1.807, 2.05) is 36.4 Å². The normalized spacial score (nSPS) is 13.8. The van der Waals surface area contributed by atoms with Crippen molar-refractivity contribution in [3.05, 3.63) is 119 Å². The molecule has 5 heterocycles. The SMILES string of the molecule is CN1CCN=C1c1cc2ccc1Oc1c(F)c(nc(-c3c(F)cnc(Oc4cc(C#N)ccc4OCc4ccccc4)c3F)c1F)CC(=O)OS2. The predicted molar refractivity (Wildman–Crippen MR) is 176 cm³/mol. The number of carbonyl (C=O) groups is 1. The summed E-state index contributed by atoms with van der Waals surface area (Å²) in [7, 11) is 1.77. The van der Waals surface area contributed by atoms with E-state index in [1.165, 1.54) is 30.3 Å². The highest BCUT2D eigenvalue weighted by Gasteiger charge is 2.32. The lowest BCUT2D eigenvalue weighted by Gasteiger charge is -2.20. The minimum Gasteiger partial charge on any atom is -0.485 e. The number of pyridine rings is 2. The Balaban J connectivity index is 1.32. The standard InChI is InChI=1S/C36H23F4N5O5S/c1-45-12-11-42-35(45)22-14-21-8-10-25(22)48-34-30(38)24(15-28(46)50-51-21)44-33(32(34)40)29-23(37)17-43-36(31(29)39)49-27-13-20(16-41)7-9-26(27)47-18-19-5-3-2-4-6-19/h2-10,13-14,17H,11-12,15,18H2,1H3. The number of halogens is 4. The first-order valence-electron chi connectivity index (χ1n) is 15.3. The molecule has 0 spiro atoms. The molecule has 3 aliphatic heterocycles. The van der Waals surface area contributed by atoms with Gasteiger partial charge in [-0.3, -0.25) is 9.79 Å². The molecule has 8 rings (SSSR count). The van der Waals surface area contributed by atoms with Gasteiger partial charge in [0.25, 0.3) is 5.88 Å². The lowest BCUT2D eigenvalue weighted by molar-refractivity contribution is -0.132. The summed E-state index contributed by atoms with van der Waals surface area (Å²) in [6.45, 7) is 1.11. The Morgan fingerprint density at radius 2 is 1.82 bits per heavy atom. The second kappa shape index (κ2) is 14.0. The molecular weight excluding hydrogens is 690 g/mol. The molecule has 0 N–H and O–H groups in total. The van der Waals surface area contributed by atoms with Crippen LogP contribution in [0.15, 0.2) is 82.8 Å². The molecular formula is C36H23F4N5O5S. The maximum atomic E-state index is 16.4. The van der Waals surface area contributed by atoms with Crippen molar-refractivity contribution in [2.75, 3.05) is 20.1 Å². The monoisotopic (exact) mass is 713 g/mol. The van der Waals surface area contributed by atoms with Crippen LogP contribution in [-0.4, -0.2) is 46.8 Å². The van der Waals surface area contributed by atoms with Crippen LogP contribution in [0.3, 0.4) is 0 Å². The van der Waals surface area contributed by atoms with E-state index in [4.69, 9.17) is 18.4 Å². The van der Waals surface area contributed by atoms with Crippen LogP contribution >= 0.6 is 12.0 Å². The summed E-state index contributed by atoms with van der Waals surface area (Å²) in [4.78, 5) is 27.1. The molecule has 256 valence electrons. The van der Waals surface area contributed by atoms with E-state index in [-0.39, 0.29) is 29.4 Å². The van der Waals surface area contributed by atoms with Gasteiger partial charge < -0.3 is 23.3 Å². The van der Waals surface area contributed by atoms with Gasteiger partial charge in [0, 0.05) is 24.6 Å². The maximum absolute atomic E-state index is 16.4. The summed E-state index contributed by atoms with van der Waals surface area (Å²) in [5, 5.41) is 9.48. The second-order valence-corrected chi connectivity index (χ2v) is 12.0. The highest BCUT2D eigenvalue weighted by atomic mass is 32.2. The average molecular weight is 714 g/mol. The number of fused-ring (bicyclic) bond motifs is 5. The van der Waals surface area contributed by atoms with Crippen LogP contribution in [0.4, 0.5) is 17.6 Å². The molecule has 0 aliphatic carbocycles. The van der Waals surface area contributed by atoms with Crippen LogP contribution in [0.2, 0.25) is 0 Å². The first-order valence-corrected chi connectivity index (χ1v) is 16.0. The zero-order valence-corrected chi connectivity index (χ0v) is 27.3. The van der Waals surface area contributed by atoms with E-state index in [1.54, 1.807) is 18.0 Å². The smallest absolute Gasteiger partial charge is 0.324 e. The molecule has 0 amide bonds. The molecule has 51 heavy (non-hydrogen) atoms. The Morgan fingerprint density at radius 1 is 1.00 bits per heavy atom. The number of hydrogen-bond donors (Lipinski definition) is 0. The summed E-state index contributed by atoms with van der Waals surface area (Å²) in [5.74, 6) is -8.38. The van der Waals surface area contributed by atoms with E-state index in [0.717, 1.165) is 5.56 Å². The Hall–Kier alpha value is -6.14. The number of amidine groups is 1. The molecule has 0 unspecified atom stereocenters. The van der Waals surface area contributed by atoms with Crippen molar-refractivity contribution in [2.24, 2.45) is 4.99 Å². The molecule has 4 bridgehead atoms. The lowest BCUT2D eigenvalue weighted by atomic mass is 10.1. The van der Waals surface area contributed by atoms with Crippen molar-refractivity contribution in [1.82, 2.24) is 14.9 Å². The molecule has 0 fully saturated rings. The zero-order chi connectivity index (χ0) is 35.6. The van der Waals surface area contributed by atoms with Crippen molar-refractivity contribution in [3.8, 4) is 46.2 Å². The first-order chi connectivity index (χ1) is 24.7. The van der Waals surface area contributed by atoms with E-state index >= 15 is 17.6 Å². The van der Waals surface area contributed by atoms with Gasteiger partial charge in [-0.2, -0.15) is 5.26 Å². The number of likely N-dealkylation sites (N-methyl/N-ethyl adjacent to an activating group) is 1. The van der Waals surface area contributed by atoms with E-state index in [0.29, 0.717) is 47.6 Å². The molecule has 0 atom stereocenters. The fourth-order valence-electron chi connectivity index (χ4n) is 5.31. The number of nitrogens with zero attached hydrogens (tertiary/aromatic N) is 5. The van der Waals surface area contributed by atoms with Gasteiger partial charge in [0.1, 0.15) is 23.9 Å². The molecule has 3 aliphatic rings. The van der Waals surface area contributed by atoms with Gasteiger partial charge in [-0.15, -0.1) is 0 Å². The van der Waals surface area contributed by atoms with Gasteiger partial charge in [-0.1, -0.05) is 30.3 Å². The van der Waals surface area contributed by atoms with Gasteiger partial charge in [0.05, 0.1) is 59.7 Å². The number of ether oxygens (including phenoxy) is 3. The summed E-state index contributed by atoms with van der Waals surface area (Å²) < 4.78 is 86.8. The minimum atomic E-state index is -1.57. The van der Waals surface area contributed by atoms with Crippen LogP contribution in [0, 0.1) is 34.6 Å². The molecule has 10 nitrogen and oxygen atoms in total. The van der Waals surface area contributed by atoms with Gasteiger partial charge in [-0.25, -0.2) is 27.5 Å². The van der Waals surface area contributed by atoms with Crippen molar-refractivity contribution in [1.29, 1.82) is 5.26 Å². The minimum absolute atomic E-state index is 0.0280. The zero-order valence-electron chi connectivity index (χ0n) is 26.5. The van der Waals surface area contributed by atoms with E-state index in [2.05, 4.69) is 15.0 Å². The topological polar surface area (TPSA) is 119 Å². The highest BCUT2D eigenvalue weighted by Crippen LogP contribution is 2.42. The largest absolute Gasteiger partial charge is 0.485 e. The van der Waals surface area contributed by atoms with Crippen molar-refractivity contribution in [3.63, 3.8) is 0 Å². The quantitative estimate of drug-likeness (QED) is 0.124. The van der Waals surface area contributed by atoms with Crippen LogP contribution in [0.25, 0.3) is 11.3 Å². The van der Waals surface area contributed by atoms with E-state index < -0.39 is 64.2 Å². The number of hydrogen-bond acceptors (Lipinski definition) is 11. The molecule has 0 saturated carbocycles. The Labute approximate surface area is 292 Å². The molecule has 15 heteroatoms. The van der Waals surface area contributed by atoms with Gasteiger partial charge in [-0.05, 0) is 35.9 Å². The Kier molecular flexibility index (Phi) is 9.16. The molecule has 5 aromatic rings. The summed E-state index contributed by atoms with van der Waals surface area (Å²) in [6.07, 6.45) is -0.271. The number of carbonyl (C=O) groups excluding carboxylic acids is 1. The fraction of sp³-hybridized carbons (Fsp3) is 0.139. The summed E-state index contributed by atoms with van der Waals surface area (Å²) in [6, 6.07) is 19.7. The van der Waals surface area contributed by atoms with Crippen molar-refractivity contribution in [2.45, 2.75) is 17.9 Å². The highest BCUT2D eigenvalue weighted by molar-refractivity contribution is 7.95. The second-order valence-electron chi connectivity index (χ2n) is 11.2. The van der Waals surface area contributed by atoms with Gasteiger partial charge >= 0.3 is 5.97 Å². The van der Waals surface area contributed by atoms with Crippen LogP contribution in [-0.2, 0) is 22.0 Å². The van der Waals surface area contributed by atoms with Crippen molar-refractivity contribution < 1.29 is 40.7 Å². The maximum Gasteiger partial charge on any atom is 0.324 e. The third-order valence-electron chi connectivity index (χ3n) is 7.81. The predicted octanol–water partition coefficient (Wildman–Crippen LogP) is 7.53. The number of rotatable bonds is 7. The third kappa shape index (κ3) is 6.73. The molecule has 3 aromatic carbocycles. The van der Waals surface area contributed by atoms with Crippen molar-refractivity contribution >= 4 is 23.8 Å². The molecule has 0 radical (unpaired) electrons. The summed E-state index contributed by atoms with van der Waals surface area (Å²) >= 11 is 0.696.